The smallest absolute Gasteiger partial charge is 0.142 e. The molecule has 0 amide bonds. The van der Waals surface area contributed by atoms with E-state index in [1.54, 1.807) is 0 Å². The molecular formula is C16H27N3. The van der Waals surface area contributed by atoms with Crippen LogP contribution < -0.4 is 0 Å². The number of fused-ring (bicyclic) bond motifs is 1. The Balaban J connectivity index is 2.25. The summed E-state index contributed by atoms with van der Waals surface area (Å²) in [5.41, 5.74) is 4.30. The van der Waals surface area contributed by atoms with Gasteiger partial charge in [-0.1, -0.05) is 27.7 Å². The lowest BCUT2D eigenvalue weighted by Gasteiger charge is -2.31. The Kier molecular flexibility index (Phi) is 4.24. The molecule has 2 rings (SSSR count). The molecule has 1 heterocycles. The first kappa shape index (κ1) is 14.4. The van der Waals surface area contributed by atoms with Gasteiger partial charge in [0.05, 0.1) is 6.54 Å². The fraction of sp³-hybridized carbons (Fsp3) is 0.750. The van der Waals surface area contributed by atoms with Crippen LogP contribution in [0, 0.1) is 12.3 Å². The van der Waals surface area contributed by atoms with Gasteiger partial charge in [0.25, 0.3) is 0 Å². The Bertz CT molecular complexity index is 448. The van der Waals surface area contributed by atoms with Crippen molar-refractivity contribution >= 4 is 0 Å². The summed E-state index contributed by atoms with van der Waals surface area (Å²) < 4.78 is 0. The number of hydrogen-bond donors (Lipinski definition) is 0. The van der Waals surface area contributed by atoms with Gasteiger partial charge in [-0.25, -0.2) is 9.97 Å². The van der Waals surface area contributed by atoms with Crippen LogP contribution in [0.3, 0.4) is 0 Å². The number of aromatic nitrogens is 2. The van der Waals surface area contributed by atoms with Gasteiger partial charge in [-0.05, 0) is 50.3 Å². The largest absolute Gasteiger partial charge is 0.296 e. The van der Waals surface area contributed by atoms with Crippen molar-refractivity contribution < 1.29 is 0 Å². The molecule has 0 atom stereocenters. The Hall–Kier alpha value is -0.960. The zero-order valence-corrected chi connectivity index (χ0v) is 13.1. The molecule has 106 valence electrons. The molecule has 0 radical (unpaired) electrons. The summed E-state index contributed by atoms with van der Waals surface area (Å²) in [6, 6.07) is 0. The fourth-order valence-corrected chi connectivity index (χ4v) is 2.90. The van der Waals surface area contributed by atoms with Crippen LogP contribution >= 0.6 is 0 Å². The second-order valence-electron chi connectivity index (χ2n) is 6.45. The first-order chi connectivity index (χ1) is 8.95. The summed E-state index contributed by atoms with van der Waals surface area (Å²) in [7, 11) is 0. The average Bonchev–Trinajstić information content (AvgIpc) is 2.36. The highest BCUT2D eigenvalue weighted by Crippen LogP contribution is 2.34. The lowest BCUT2D eigenvalue weighted by Crippen LogP contribution is -2.27. The first-order valence-corrected chi connectivity index (χ1v) is 7.53. The van der Waals surface area contributed by atoms with E-state index in [9.17, 15) is 0 Å². The van der Waals surface area contributed by atoms with E-state index in [4.69, 9.17) is 9.97 Å². The molecule has 0 saturated carbocycles. The maximum Gasteiger partial charge on any atom is 0.142 e. The van der Waals surface area contributed by atoms with Crippen LogP contribution in [0.4, 0.5) is 0 Å². The summed E-state index contributed by atoms with van der Waals surface area (Å²) in [6.45, 7) is 14.2. The Labute approximate surface area is 117 Å². The van der Waals surface area contributed by atoms with E-state index < -0.39 is 0 Å². The molecule has 0 aromatic carbocycles. The molecule has 0 fully saturated rings. The molecule has 19 heavy (non-hydrogen) atoms. The van der Waals surface area contributed by atoms with Gasteiger partial charge < -0.3 is 0 Å². The summed E-state index contributed by atoms with van der Waals surface area (Å²) >= 11 is 0. The van der Waals surface area contributed by atoms with Crippen LogP contribution in [0.25, 0.3) is 0 Å². The number of rotatable bonds is 4. The third kappa shape index (κ3) is 3.33. The standard InChI is InChI=1S/C16H27N3/c1-6-19(7-2)11-15-17-12(3)13-10-16(4,5)9-8-14(13)18-15/h6-11H2,1-5H3. The minimum absolute atomic E-state index is 0.404. The SMILES string of the molecule is CCN(CC)Cc1nc(C)c2c(n1)CCC(C)(C)C2. The zero-order valence-electron chi connectivity index (χ0n) is 13.1. The Morgan fingerprint density at radius 1 is 1.16 bits per heavy atom. The summed E-state index contributed by atoms with van der Waals surface area (Å²) in [4.78, 5) is 11.9. The highest BCUT2D eigenvalue weighted by Gasteiger charge is 2.28. The van der Waals surface area contributed by atoms with Crippen molar-refractivity contribution in [2.45, 2.75) is 60.4 Å². The highest BCUT2D eigenvalue weighted by atomic mass is 15.1. The number of nitrogens with zero attached hydrogens (tertiary/aromatic N) is 3. The molecule has 1 aromatic rings. The molecule has 0 unspecified atom stereocenters. The van der Waals surface area contributed by atoms with E-state index in [0.717, 1.165) is 38.3 Å². The summed E-state index contributed by atoms with van der Waals surface area (Å²) in [5.74, 6) is 1.000. The quantitative estimate of drug-likeness (QED) is 0.834. The average molecular weight is 261 g/mol. The number of aryl methyl sites for hydroxylation is 2. The van der Waals surface area contributed by atoms with Gasteiger partial charge in [-0.3, -0.25) is 4.90 Å². The maximum atomic E-state index is 4.82. The van der Waals surface area contributed by atoms with E-state index in [2.05, 4.69) is 39.5 Å². The topological polar surface area (TPSA) is 29.0 Å². The molecule has 3 heteroatoms. The van der Waals surface area contributed by atoms with E-state index >= 15 is 0 Å². The molecule has 1 aliphatic carbocycles. The normalized spacial score (nSPS) is 17.6. The van der Waals surface area contributed by atoms with Crippen LogP contribution in [0.2, 0.25) is 0 Å². The molecule has 0 N–H and O–H groups in total. The molecule has 0 aliphatic heterocycles. The van der Waals surface area contributed by atoms with Gasteiger partial charge in [-0.2, -0.15) is 0 Å². The van der Waals surface area contributed by atoms with Gasteiger partial charge in [0.2, 0.25) is 0 Å². The molecule has 3 nitrogen and oxygen atoms in total. The van der Waals surface area contributed by atoms with Crippen LogP contribution in [-0.4, -0.2) is 28.0 Å². The zero-order chi connectivity index (χ0) is 14.0. The predicted molar refractivity (Wildman–Crippen MR) is 79.2 cm³/mol. The van der Waals surface area contributed by atoms with Gasteiger partial charge in [-0.15, -0.1) is 0 Å². The molecule has 0 bridgehead atoms. The monoisotopic (exact) mass is 261 g/mol. The van der Waals surface area contributed by atoms with E-state index in [1.807, 2.05) is 0 Å². The van der Waals surface area contributed by atoms with Crippen LogP contribution in [-0.2, 0) is 19.4 Å². The van der Waals surface area contributed by atoms with Crippen molar-refractivity contribution in [2.24, 2.45) is 5.41 Å². The van der Waals surface area contributed by atoms with E-state index in [1.165, 1.54) is 23.4 Å². The van der Waals surface area contributed by atoms with E-state index in [0.29, 0.717) is 5.41 Å². The number of hydrogen-bond acceptors (Lipinski definition) is 3. The van der Waals surface area contributed by atoms with E-state index in [-0.39, 0.29) is 0 Å². The maximum absolute atomic E-state index is 4.82. The first-order valence-electron chi connectivity index (χ1n) is 7.53. The van der Waals surface area contributed by atoms with Crippen LogP contribution in [0.5, 0.6) is 0 Å². The van der Waals surface area contributed by atoms with Gasteiger partial charge in [0.15, 0.2) is 0 Å². The summed E-state index contributed by atoms with van der Waals surface area (Å²) in [6.07, 6.45) is 3.47. The predicted octanol–water partition coefficient (Wildman–Crippen LogP) is 3.14. The minimum atomic E-state index is 0.404. The van der Waals surface area contributed by atoms with Gasteiger partial charge in [0.1, 0.15) is 5.82 Å². The van der Waals surface area contributed by atoms with Gasteiger partial charge >= 0.3 is 0 Å². The fourth-order valence-electron chi connectivity index (χ4n) is 2.90. The van der Waals surface area contributed by atoms with Crippen molar-refractivity contribution in [1.82, 2.24) is 14.9 Å². The Morgan fingerprint density at radius 3 is 2.47 bits per heavy atom. The van der Waals surface area contributed by atoms with Crippen molar-refractivity contribution in [2.75, 3.05) is 13.1 Å². The third-order valence-corrected chi connectivity index (χ3v) is 4.30. The second kappa shape index (κ2) is 5.58. The van der Waals surface area contributed by atoms with Crippen LogP contribution in [0.15, 0.2) is 0 Å². The Morgan fingerprint density at radius 2 is 1.84 bits per heavy atom. The van der Waals surface area contributed by atoms with Crippen molar-refractivity contribution in [3.63, 3.8) is 0 Å². The molecule has 1 aliphatic rings. The summed E-state index contributed by atoms with van der Waals surface area (Å²) in [5, 5.41) is 0. The molecule has 1 aromatic heterocycles. The van der Waals surface area contributed by atoms with Gasteiger partial charge in [0, 0.05) is 11.4 Å². The van der Waals surface area contributed by atoms with Crippen molar-refractivity contribution in [1.29, 1.82) is 0 Å². The van der Waals surface area contributed by atoms with Crippen LogP contribution in [0.1, 0.15) is 56.9 Å². The van der Waals surface area contributed by atoms with Crippen molar-refractivity contribution in [3.05, 3.63) is 22.8 Å². The second-order valence-corrected chi connectivity index (χ2v) is 6.45. The third-order valence-electron chi connectivity index (χ3n) is 4.30. The van der Waals surface area contributed by atoms with Crippen molar-refractivity contribution in [3.8, 4) is 0 Å². The minimum Gasteiger partial charge on any atom is -0.296 e. The molecule has 0 saturated heterocycles. The highest BCUT2D eigenvalue weighted by molar-refractivity contribution is 5.29. The lowest BCUT2D eigenvalue weighted by molar-refractivity contribution is 0.283. The molecular weight excluding hydrogens is 234 g/mol. The lowest BCUT2D eigenvalue weighted by atomic mass is 9.75. The molecule has 0 spiro atoms.